The van der Waals surface area contributed by atoms with E-state index in [9.17, 15) is 19.2 Å². The first-order chi connectivity index (χ1) is 14.3. The second kappa shape index (κ2) is 7.18. The number of ketones is 1. The van der Waals surface area contributed by atoms with Crippen molar-refractivity contribution in [1.82, 2.24) is 10.2 Å². The van der Waals surface area contributed by atoms with Gasteiger partial charge in [-0.25, -0.2) is 4.79 Å². The molecular formula is C21H19N3O6. The summed E-state index contributed by atoms with van der Waals surface area (Å²) in [6, 6.07) is 10.7. The Balaban J connectivity index is 1.49. The molecule has 0 bridgehead atoms. The third-order valence-electron chi connectivity index (χ3n) is 5.08. The molecule has 2 aliphatic heterocycles. The standard InChI is InChI=1S/C21H19N3O6/c1-12(25)13-4-3-5-15(8-13)22-18(26)10-24-19(27)21(2,23-20(24)28)14-6-7-16-17(9-14)30-11-29-16/h3-9H,10-11H2,1-2H3,(H,22,26)(H,23,28)/t21-/m0/s1. The number of nitrogens with zero attached hydrogens (tertiary/aromatic N) is 1. The molecule has 9 heteroatoms. The lowest BCUT2D eigenvalue weighted by atomic mass is 9.91. The molecule has 1 fully saturated rings. The van der Waals surface area contributed by atoms with Gasteiger partial charge in [0, 0.05) is 11.3 Å². The minimum atomic E-state index is -1.34. The molecule has 154 valence electrons. The Morgan fingerprint density at radius 3 is 2.67 bits per heavy atom. The van der Waals surface area contributed by atoms with Gasteiger partial charge < -0.3 is 20.1 Å². The van der Waals surface area contributed by atoms with Crippen LogP contribution in [0.2, 0.25) is 0 Å². The lowest BCUT2D eigenvalue weighted by molar-refractivity contribution is -0.133. The molecule has 2 aromatic rings. The Bertz CT molecular complexity index is 1080. The number of ether oxygens (including phenoxy) is 2. The molecule has 0 aliphatic carbocycles. The van der Waals surface area contributed by atoms with E-state index in [0.717, 1.165) is 4.90 Å². The van der Waals surface area contributed by atoms with E-state index in [2.05, 4.69) is 10.6 Å². The number of nitrogens with one attached hydrogen (secondary N) is 2. The highest BCUT2D eigenvalue weighted by atomic mass is 16.7. The molecule has 1 atom stereocenters. The maximum absolute atomic E-state index is 13.0. The van der Waals surface area contributed by atoms with Crippen LogP contribution in [0.5, 0.6) is 11.5 Å². The first-order valence-electron chi connectivity index (χ1n) is 9.23. The van der Waals surface area contributed by atoms with Crippen LogP contribution in [0.25, 0.3) is 0 Å². The van der Waals surface area contributed by atoms with Crippen molar-refractivity contribution >= 4 is 29.3 Å². The van der Waals surface area contributed by atoms with E-state index in [-0.39, 0.29) is 12.6 Å². The van der Waals surface area contributed by atoms with Crippen LogP contribution in [0, 0.1) is 0 Å². The molecule has 2 aromatic carbocycles. The summed E-state index contributed by atoms with van der Waals surface area (Å²) in [4.78, 5) is 50.2. The second-order valence-corrected chi connectivity index (χ2v) is 7.20. The van der Waals surface area contributed by atoms with Gasteiger partial charge in [-0.2, -0.15) is 0 Å². The Labute approximate surface area is 171 Å². The van der Waals surface area contributed by atoms with Crippen LogP contribution in [0.1, 0.15) is 29.8 Å². The van der Waals surface area contributed by atoms with Crippen molar-refractivity contribution in [2.24, 2.45) is 0 Å². The number of rotatable bonds is 5. The molecule has 0 radical (unpaired) electrons. The van der Waals surface area contributed by atoms with E-state index in [1.54, 1.807) is 43.3 Å². The molecule has 9 nitrogen and oxygen atoms in total. The Morgan fingerprint density at radius 1 is 1.13 bits per heavy atom. The summed E-state index contributed by atoms with van der Waals surface area (Å²) in [5, 5.41) is 5.25. The highest BCUT2D eigenvalue weighted by Crippen LogP contribution is 2.37. The summed E-state index contributed by atoms with van der Waals surface area (Å²) in [6.07, 6.45) is 0. The molecular weight excluding hydrogens is 390 g/mol. The van der Waals surface area contributed by atoms with Crippen molar-refractivity contribution in [2.45, 2.75) is 19.4 Å². The maximum Gasteiger partial charge on any atom is 0.325 e. The zero-order chi connectivity index (χ0) is 21.5. The maximum atomic E-state index is 13.0. The fourth-order valence-electron chi connectivity index (χ4n) is 3.40. The molecule has 0 unspecified atom stereocenters. The number of fused-ring (bicyclic) bond motifs is 1. The summed E-state index contributed by atoms with van der Waals surface area (Å²) >= 11 is 0. The number of imide groups is 1. The van der Waals surface area contributed by atoms with Crippen molar-refractivity contribution < 1.29 is 28.7 Å². The number of carbonyl (C=O) groups is 4. The van der Waals surface area contributed by atoms with Crippen LogP contribution in [0.4, 0.5) is 10.5 Å². The minimum Gasteiger partial charge on any atom is -0.454 e. The molecule has 30 heavy (non-hydrogen) atoms. The fourth-order valence-corrected chi connectivity index (χ4v) is 3.40. The van der Waals surface area contributed by atoms with Crippen molar-refractivity contribution in [2.75, 3.05) is 18.7 Å². The fraction of sp³-hybridized carbons (Fsp3) is 0.238. The number of Topliss-reactive ketones (excluding diaryl/α,β-unsaturated/α-hetero) is 1. The molecule has 2 N–H and O–H groups in total. The summed E-state index contributed by atoms with van der Waals surface area (Å²) in [6.45, 7) is 2.62. The lowest BCUT2D eigenvalue weighted by Gasteiger charge is -2.22. The van der Waals surface area contributed by atoms with E-state index < -0.39 is 29.9 Å². The van der Waals surface area contributed by atoms with Crippen LogP contribution < -0.4 is 20.1 Å². The summed E-state index contributed by atoms with van der Waals surface area (Å²) in [5.41, 5.74) is 0.0195. The van der Waals surface area contributed by atoms with Gasteiger partial charge in [0.15, 0.2) is 17.3 Å². The normalized spacial score (nSPS) is 19.6. The van der Waals surface area contributed by atoms with Crippen molar-refractivity contribution in [3.8, 4) is 11.5 Å². The highest BCUT2D eigenvalue weighted by molar-refractivity contribution is 6.10. The summed E-state index contributed by atoms with van der Waals surface area (Å²) in [5.74, 6) is -0.215. The molecule has 2 heterocycles. The van der Waals surface area contributed by atoms with Crippen LogP contribution in [0.15, 0.2) is 42.5 Å². The number of anilines is 1. The average molecular weight is 409 g/mol. The number of benzene rings is 2. The minimum absolute atomic E-state index is 0.0902. The molecule has 2 aliphatic rings. The van der Waals surface area contributed by atoms with Crippen LogP contribution in [-0.4, -0.2) is 41.9 Å². The van der Waals surface area contributed by atoms with E-state index in [1.165, 1.54) is 13.0 Å². The average Bonchev–Trinajstić information content (AvgIpc) is 3.26. The van der Waals surface area contributed by atoms with E-state index in [0.29, 0.717) is 28.3 Å². The van der Waals surface area contributed by atoms with Gasteiger partial charge in [-0.05, 0) is 43.7 Å². The Morgan fingerprint density at radius 2 is 1.90 bits per heavy atom. The summed E-state index contributed by atoms with van der Waals surface area (Å²) < 4.78 is 10.6. The predicted octanol–water partition coefficient (Wildman–Crippen LogP) is 2.02. The largest absolute Gasteiger partial charge is 0.454 e. The highest BCUT2D eigenvalue weighted by Gasteiger charge is 2.49. The second-order valence-electron chi connectivity index (χ2n) is 7.20. The van der Waals surface area contributed by atoms with Gasteiger partial charge in [0.1, 0.15) is 12.1 Å². The monoisotopic (exact) mass is 409 g/mol. The molecule has 0 aromatic heterocycles. The van der Waals surface area contributed by atoms with Crippen LogP contribution >= 0.6 is 0 Å². The Hall–Kier alpha value is -3.88. The van der Waals surface area contributed by atoms with Gasteiger partial charge >= 0.3 is 6.03 Å². The van der Waals surface area contributed by atoms with E-state index >= 15 is 0 Å². The molecule has 0 saturated carbocycles. The molecule has 0 spiro atoms. The van der Waals surface area contributed by atoms with Gasteiger partial charge in [-0.3, -0.25) is 19.3 Å². The number of hydrogen-bond donors (Lipinski definition) is 2. The van der Waals surface area contributed by atoms with Crippen molar-refractivity contribution in [1.29, 1.82) is 0 Å². The zero-order valence-corrected chi connectivity index (χ0v) is 16.4. The topological polar surface area (TPSA) is 114 Å². The van der Waals surface area contributed by atoms with Gasteiger partial charge in [0.25, 0.3) is 5.91 Å². The third kappa shape index (κ3) is 3.34. The summed E-state index contributed by atoms with van der Waals surface area (Å²) in [7, 11) is 0. The first kappa shape index (κ1) is 19.4. The SMILES string of the molecule is CC(=O)c1cccc(NC(=O)CN2C(=O)N[C@@](C)(c3ccc4c(c3)OCO4)C2=O)c1. The lowest BCUT2D eigenvalue weighted by Crippen LogP contribution is -2.42. The first-order valence-corrected chi connectivity index (χ1v) is 9.23. The smallest absolute Gasteiger partial charge is 0.325 e. The molecule has 4 amide bonds. The van der Waals surface area contributed by atoms with Crippen molar-refractivity contribution in [3.63, 3.8) is 0 Å². The zero-order valence-electron chi connectivity index (χ0n) is 16.4. The number of amides is 4. The molecule has 1 saturated heterocycles. The predicted molar refractivity (Wildman–Crippen MR) is 105 cm³/mol. The number of hydrogen-bond acceptors (Lipinski definition) is 6. The van der Waals surface area contributed by atoms with E-state index in [4.69, 9.17) is 9.47 Å². The number of urea groups is 1. The Kier molecular flexibility index (Phi) is 4.65. The third-order valence-corrected chi connectivity index (χ3v) is 5.08. The van der Waals surface area contributed by atoms with Gasteiger partial charge in [-0.15, -0.1) is 0 Å². The van der Waals surface area contributed by atoms with Crippen LogP contribution in [0.3, 0.4) is 0 Å². The van der Waals surface area contributed by atoms with Gasteiger partial charge in [0.2, 0.25) is 12.7 Å². The quantitative estimate of drug-likeness (QED) is 0.577. The van der Waals surface area contributed by atoms with E-state index in [1.807, 2.05) is 0 Å². The van der Waals surface area contributed by atoms with Crippen molar-refractivity contribution in [3.05, 3.63) is 53.6 Å². The van der Waals surface area contributed by atoms with Gasteiger partial charge in [0.05, 0.1) is 0 Å². The number of carbonyl (C=O) groups excluding carboxylic acids is 4. The van der Waals surface area contributed by atoms with Crippen LogP contribution in [-0.2, 0) is 15.1 Å². The molecule has 4 rings (SSSR count). The van der Waals surface area contributed by atoms with Gasteiger partial charge in [-0.1, -0.05) is 18.2 Å².